The highest BCUT2D eigenvalue weighted by atomic mass is 35.5. The highest BCUT2D eigenvalue weighted by Crippen LogP contribution is 1.96. The molecule has 0 radical (unpaired) electrons. The predicted octanol–water partition coefficient (Wildman–Crippen LogP) is 2.19. The van der Waals surface area contributed by atoms with Crippen molar-refractivity contribution in [1.82, 2.24) is 0 Å². The van der Waals surface area contributed by atoms with Crippen molar-refractivity contribution in [3.8, 4) is 0 Å². The normalized spacial score (nSPS) is 8.33. The lowest BCUT2D eigenvalue weighted by Crippen LogP contribution is -1.74. The van der Waals surface area contributed by atoms with Gasteiger partial charge in [0.1, 0.15) is 0 Å². The summed E-state index contributed by atoms with van der Waals surface area (Å²) in [5, 5.41) is 0. The summed E-state index contributed by atoms with van der Waals surface area (Å²) in [5.41, 5.74) is 1.11. The Hall–Kier alpha value is 0.0300. The molecule has 1 heteroatoms. The quantitative estimate of drug-likeness (QED) is 0.372. The summed E-state index contributed by atoms with van der Waals surface area (Å²) in [6, 6.07) is 0. The third-order valence-corrected chi connectivity index (χ3v) is 1.07. The molecule has 0 N–H and O–H groups in total. The van der Waals surface area contributed by atoms with Crippen molar-refractivity contribution in [1.29, 1.82) is 0 Å². The Labute approximate surface area is 43.8 Å². The van der Waals surface area contributed by atoms with E-state index in [1.807, 2.05) is 6.92 Å². The zero-order valence-electron chi connectivity index (χ0n) is 4.00. The maximum absolute atomic E-state index is 5.35. The molecule has 0 aliphatic rings. The molecule has 0 aromatic carbocycles. The lowest BCUT2D eigenvalue weighted by atomic mass is 10.3. The van der Waals surface area contributed by atoms with Crippen LogP contribution in [-0.2, 0) is 0 Å². The van der Waals surface area contributed by atoms with E-state index in [4.69, 9.17) is 11.6 Å². The molecule has 0 saturated heterocycles. The summed E-state index contributed by atoms with van der Waals surface area (Å²) in [6.45, 7) is 5.71. The first-order chi connectivity index (χ1) is 2.81. The molecule has 0 saturated carbocycles. The van der Waals surface area contributed by atoms with Gasteiger partial charge in [0, 0.05) is 5.88 Å². The van der Waals surface area contributed by atoms with E-state index in [1.54, 1.807) is 0 Å². The molecule has 0 unspecified atom stereocenters. The summed E-state index contributed by atoms with van der Waals surface area (Å²) in [7, 11) is 0. The summed E-state index contributed by atoms with van der Waals surface area (Å²) in [4.78, 5) is 0. The molecule has 0 spiro atoms. The van der Waals surface area contributed by atoms with Gasteiger partial charge in [0.2, 0.25) is 0 Å². The van der Waals surface area contributed by atoms with Crippen molar-refractivity contribution in [2.45, 2.75) is 13.3 Å². The summed E-state index contributed by atoms with van der Waals surface area (Å²) in [5.74, 6) is 0.608. The van der Waals surface area contributed by atoms with Gasteiger partial charge in [0.15, 0.2) is 0 Å². The first-order valence-electron chi connectivity index (χ1n) is 2.04. The molecular formula is C5H9Cl. The van der Waals surface area contributed by atoms with E-state index in [0.717, 1.165) is 12.0 Å². The minimum Gasteiger partial charge on any atom is -0.122 e. The van der Waals surface area contributed by atoms with Crippen molar-refractivity contribution in [2.75, 3.05) is 5.88 Å². The van der Waals surface area contributed by atoms with Gasteiger partial charge in [-0.25, -0.2) is 0 Å². The van der Waals surface area contributed by atoms with Gasteiger partial charge in [-0.1, -0.05) is 19.1 Å². The Kier molecular flexibility index (Phi) is 3.24. The second-order valence-electron chi connectivity index (χ2n) is 1.24. The van der Waals surface area contributed by atoms with Gasteiger partial charge in [0.25, 0.3) is 0 Å². The van der Waals surface area contributed by atoms with Crippen LogP contribution in [0, 0.1) is 0 Å². The third kappa shape index (κ3) is 2.28. The van der Waals surface area contributed by atoms with Crippen LogP contribution >= 0.6 is 11.6 Å². The Morgan fingerprint density at radius 2 is 2.33 bits per heavy atom. The van der Waals surface area contributed by atoms with E-state index in [9.17, 15) is 0 Å². The molecule has 0 aromatic heterocycles. The first-order valence-corrected chi connectivity index (χ1v) is 2.57. The molecule has 0 aromatic rings. The molecule has 0 heterocycles. The van der Waals surface area contributed by atoms with E-state index in [0.29, 0.717) is 5.88 Å². The summed E-state index contributed by atoms with van der Waals surface area (Å²) < 4.78 is 0. The van der Waals surface area contributed by atoms with Crippen LogP contribution in [0.3, 0.4) is 0 Å². The molecule has 0 bridgehead atoms. The van der Waals surface area contributed by atoms with Crippen molar-refractivity contribution >= 4 is 11.6 Å². The van der Waals surface area contributed by atoms with Crippen molar-refractivity contribution < 1.29 is 0 Å². The monoisotopic (exact) mass is 104 g/mol. The Balaban J connectivity index is 2.99. The van der Waals surface area contributed by atoms with Gasteiger partial charge in [-0.3, -0.25) is 0 Å². The SMILES string of the molecule is C=C(CC)CCl. The number of alkyl halides is 1. The third-order valence-electron chi connectivity index (χ3n) is 0.689. The zero-order valence-corrected chi connectivity index (χ0v) is 4.76. The maximum Gasteiger partial charge on any atom is 0.0430 e. The number of hydrogen-bond donors (Lipinski definition) is 0. The second kappa shape index (κ2) is 3.23. The van der Waals surface area contributed by atoms with Gasteiger partial charge in [-0.05, 0) is 6.42 Å². The lowest BCUT2D eigenvalue weighted by Gasteiger charge is -1.87. The minimum absolute atomic E-state index is 0.608. The van der Waals surface area contributed by atoms with Crippen LogP contribution in [0.5, 0.6) is 0 Å². The molecule has 0 rings (SSSR count). The molecule has 36 valence electrons. The maximum atomic E-state index is 5.35. The Morgan fingerprint density at radius 3 is 2.33 bits per heavy atom. The van der Waals surface area contributed by atoms with Gasteiger partial charge >= 0.3 is 0 Å². The molecule has 0 aliphatic heterocycles. The van der Waals surface area contributed by atoms with Crippen LogP contribution in [0.2, 0.25) is 0 Å². The fourth-order valence-electron chi connectivity index (χ4n) is 0.0945. The first kappa shape index (κ1) is 6.03. The second-order valence-corrected chi connectivity index (χ2v) is 1.50. The highest BCUT2D eigenvalue weighted by Gasteiger charge is 1.80. The van der Waals surface area contributed by atoms with Crippen LogP contribution in [0.4, 0.5) is 0 Å². The predicted molar refractivity (Wildman–Crippen MR) is 30.2 cm³/mol. The van der Waals surface area contributed by atoms with Crippen LogP contribution in [0.25, 0.3) is 0 Å². The van der Waals surface area contributed by atoms with E-state index in [1.165, 1.54) is 0 Å². The standard InChI is InChI=1S/C5H9Cl/c1-3-5(2)4-6/h2-4H2,1H3. The summed E-state index contributed by atoms with van der Waals surface area (Å²) >= 11 is 5.35. The topological polar surface area (TPSA) is 0 Å². The lowest BCUT2D eigenvalue weighted by molar-refractivity contribution is 1.11. The highest BCUT2D eigenvalue weighted by molar-refractivity contribution is 6.19. The average molecular weight is 105 g/mol. The number of allylic oxidation sites excluding steroid dienone is 1. The molecule has 0 amide bonds. The van der Waals surface area contributed by atoms with E-state index in [-0.39, 0.29) is 0 Å². The molecule has 0 aliphatic carbocycles. The van der Waals surface area contributed by atoms with Gasteiger partial charge in [-0.2, -0.15) is 0 Å². The minimum atomic E-state index is 0.608. The van der Waals surface area contributed by atoms with Crippen LogP contribution in [0.1, 0.15) is 13.3 Å². The molecule has 6 heavy (non-hydrogen) atoms. The molecule has 0 atom stereocenters. The number of hydrogen-bond acceptors (Lipinski definition) is 0. The van der Waals surface area contributed by atoms with E-state index < -0.39 is 0 Å². The van der Waals surface area contributed by atoms with E-state index >= 15 is 0 Å². The van der Waals surface area contributed by atoms with Crippen LogP contribution in [-0.4, -0.2) is 5.88 Å². The van der Waals surface area contributed by atoms with Gasteiger partial charge in [-0.15, -0.1) is 11.6 Å². The van der Waals surface area contributed by atoms with Crippen molar-refractivity contribution in [3.05, 3.63) is 12.2 Å². The largest absolute Gasteiger partial charge is 0.122 e. The number of halogens is 1. The summed E-state index contributed by atoms with van der Waals surface area (Å²) in [6.07, 6.45) is 1.00. The van der Waals surface area contributed by atoms with Crippen LogP contribution in [0.15, 0.2) is 12.2 Å². The fraction of sp³-hybridized carbons (Fsp3) is 0.600. The van der Waals surface area contributed by atoms with Crippen molar-refractivity contribution in [3.63, 3.8) is 0 Å². The Morgan fingerprint density at radius 1 is 1.83 bits per heavy atom. The van der Waals surface area contributed by atoms with Gasteiger partial charge < -0.3 is 0 Å². The van der Waals surface area contributed by atoms with Gasteiger partial charge in [0.05, 0.1) is 0 Å². The smallest absolute Gasteiger partial charge is 0.0430 e. The molecular weight excluding hydrogens is 95.5 g/mol. The average Bonchev–Trinajstić information content (AvgIpc) is 1.65. The van der Waals surface area contributed by atoms with Crippen molar-refractivity contribution in [2.24, 2.45) is 0 Å². The molecule has 0 fully saturated rings. The fourth-order valence-corrected chi connectivity index (χ4v) is 0.283. The molecule has 0 nitrogen and oxygen atoms in total. The zero-order chi connectivity index (χ0) is 4.99. The van der Waals surface area contributed by atoms with Crippen LogP contribution < -0.4 is 0 Å². The number of rotatable bonds is 2. The van der Waals surface area contributed by atoms with E-state index in [2.05, 4.69) is 6.58 Å². The Bertz CT molecular complexity index is 41.9.